The molecule has 296 valence electrons. The molecule has 1 unspecified atom stereocenters. The molecule has 2 aromatic rings. The van der Waals surface area contributed by atoms with Crippen LogP contribution in [-0.4, -0.2) is 102 Å². The summed E-state index contributed by atoms with van der Waals surface area (Å²) in [6, 6.07) is 15.9. The van der Waals surface area contributed by atoms with Crippen LogP contribution in [0.1, 0.15) is 83.3 Å². The fourth-order valence-electron chi connectivity index (χ4n) is 7.11. The first-order valence-corrected chi connectivity index (χ1v) is 22.5. The number of esters is 2. The Bertz CT molecular complexity index is 1610. The number of β-lactam (4-membered cyclic amide) rings is 1. The van der Waals surface area contributed by atoms with Crippen LogP contribution in [0.5, 0.6) is 5.75 Å². The number of carbonyl (C=O) groups is 5. The predicted molar refractivity (Wildman–Crippen MR) is 214 cm³/mol. The van der Waals surface area contributed by atoms with E-state index in [1.54, 1.807) is 7.11 Å². The molecular formula is C41H57N2O9PS. The third-order valence-electron chi connectivity index (χ3n) is 10.1. The number of rotatable bonds is 22. The Balaban J connectivity index is 1.65. The van der Waals surface area contributed by atoms with Gasteiger partial charge in [0.05, 0.1) is 32.2 Å². The Morgan fingerprint density at radius 2 is 1.59 bits per heavy atom. The Morgan fingerprint density at radius 3 is 2.20 bits per heavy atom. The van der Waals surface area contributed by atoms with E-state index in [1.807, 2.05) is 65.3 Å². The summed E-state index contributed by atoms with van der Waals surface area (Å²) in [7, 11) is 2.89. The molecule has 5 atom stereocenters. The minimum atomic E-state index is -2.35. The van der Waals surface area contributed by atoms with Gasteiger partial charge in [0.15, 0.2) is 11.9 Å². The molecule has 2 aromatic carbocycles. The zero-order valence-electron chi connectivity index (χ0n) is 32.3. The lowest BCUT2D eigenvalue weighted by Crippen LogP contribution is -2.72. The monoisotopic (exact) mass is 784 g/mol. The fraction of sp³-hybridized carbons (Fsp3) is 0.561. The number of carbonyl (C=O) groups excluding carboxylic acids is 5. The van der Waals surface area contributed by atoms with Gasteiger partial charge >= 0.3 is 11.9 Å². The number of ketones is 1. The van der Waals surface area contributed by atoms with Crippen LogP contribution in [0.4, 0.5) is 0 Å². The topological polar surface area (TPSA) is 138 Å². The molecule has 2 heterocycles. The number of ether oxygens (including phenoxy) is 4. The van der Waals surface area contributed by atoms with Crippen LogP contribution in [0.25, 0.3) is 0 Å². The van der Waals surface area contributed by atoms with Crippen LogP contribution >= 0.6 is 18.6 Å². The molecule has 2 aliphatic heterocycles. The van der Waals surface area contributed by atoms with Crippen LogP contribution in [-0.2, 0) is 51.2 Å². The minimum Gasteiger partial charge on any atom is -0.497 e. The summed E-state index contributed by atoms with van der Waals surface area (Å²) < 4.78 is 21.7. The second-order valence-electron chi connectivity index (χ2n) is 13.9. The van der Waals surface area contributed by atoms with Crippen LogP contribution in [0, 0.1) is 0 Å². The summed E-state index contributed by atoms with van der Waals surface area (Å²) in [4.78, 5) is 69.0. The molecular weight excluding hydrogens is 727 g/mol. The summed E-state index contributed by atoms with van der Waals surface area (Å²) in [6.07, 6.45) is 5.99. The van der Waals surface area contributed by atoms with Crippen molar-refractivity contribution in [2.24, 2.45) is 0 Å². The average molecular weight is 785 g/mol. The first-order chi connectivity index (χ1) is 26.1. The van der Waals surface area contributed by atoms with Gasteiger partial charge < -0.3 is 29.2 Å². The highest BCUT2D eigenvalue weighted by atomic mass is 32.2. The Hall–Kier alpha value is -3.60. The van der Waals surface area contributed by atoms with Crippen LogP contribution < -0.4 is 10.1 Å². The highest BCUT2D eigenvalue weighted by Crippen LogP contribution is 2.58. The fourth-order valence-corrected chi connectivity index (χ4v) is 13.6. The lowest BCUT2D eigenvalue weighted by Gasteiger charge is -2.54. The van der Waals surface area contributed by atoms with Crippen molar-refractivity contribution in [3.8, 4) is 5.75 Å². The number of amides is 2. The average Bonchev–Trinajstić information content (AvgIpc) is 3.69. The normalized spacial score (nSPS) is 20.1. The lowest BCUT2D eigenvalue weighted by molar-refractivity contribution is -0.154. The summed E-state index contributed by atoms with van der Waals surface area (Å²) in [5.74, 6) is 0.716. The van der Waals surface area contributed by atoms with Gasteiger partial charge in [0.25, 0.3) is 0 Å². The molecule has 54 heavy (non-hydrogen) atoms. The highest BCUT2D eigenvalue weighted by Gasteiger charge is 2.54. The Labute approximate surface area is 324 Å². The lowest BCUT2D eigenvalue weighted by atomic mass is 10.1. The summed E-state index contributed by atoms with van der Waals surface area (Å²) in [6.45, 7) is 4.08. The molecule has 0 radical (unpaired) electrons. The molecule has 1 N–H and O–H groups in total. The van der Waals surface area contributed by atoms with Gasteiger partial charge in [-0.3, -0.25) is 14.4 Å². The maximum Gasteiger partial charge on any atom is 0.335 e. The minimum absolute atomic E-state index is 0.0277. The van der Waals surface area contributed by atoms with E-state index >= 15 is 0 Å². The van der Waals surface area contributed by atoms with Crippen LogP contribution in [0.2, 0.25) is 0 Å². The number of nitrogens with zero attached hydrogens (tertiary/aromatic N) is 1. The van der Waals surface area contributed by atoms with Gasteiger partial charge in [0, 0.05) is 5.80 Å². The van der Waals surface area contributed by atoms with Crippen molar-refractivity contribution in [2.45, 2.75) is 115 Å². The maximum absolute atomic E-state index is 14.4. The molecule has 0 bridgehead atoms. The smallest absolute Gasteiger partial charge is 0.335 e. The van der Waals surface area contributed by atoms with E-state index in [9.17, 15) is 24.0 Å². The van der Waals surface area contributed by atoms with Gasteiger partial charge in [0.2, 0.25) is 11.8 Å². The van der Waals surface area contributed by atoms with Gasteiger partial charge in [-0.15, -0.1) is 11.8 Å². The van der Waals surface area contributed by atoms with Crippen molar-refractivity contribution in [3.63, 3.8) is 0 Å². The number of thioether (sulfide) groups is 1. The van der Waals surface area contributed by atoms with Gasteiger partial charge in [-0.05, 0) is 67.7 Å². The number of methoxy groups -OCH3 is 2. The number of unbranched alkanes of at least 4 members (excludes halogenated alkanes) is 2. The Morgan fingerprint density at radius 1 is 0.926 bits per heavy atom. The molecule has 0 aliphatic carbocycles. The molecule has 0 spiro atoms. The zero-order chi connectivity index (χ0) is 39.1. The summed E-state index contributed by atoms with van der Waals surface area (Å²) in [5.41, 5.74) is 1.67. The van der Waals surface area contributed by atoms with Crippen molar-refractivity contribution in [2.75, 3.05) is 32.3 Å². The number of likely N-dealkylation sites (tertiary alicyclic amines) is 1. The van der Waals surface area contributed by atoms with Gasteiger partial charge in [-0.1, -0.05) is 89.4 Å². The van der Waals surface area contributed by atoms with Gasteiger partial charge in [-0.2, -0.15) is 0 Å². The third-order valence-corrected chi connectivity index (χ3v) is 16.1. The molecule has 0 saturated carbocycles. The molecule has 2 saturated heterocycles. The quantitative estimate of drug-likeness (QED) is 0.0835. The molecule has 4 rings (SSSR count). The summed E-state index contributed by atoms with van der Waals surface area (Å²) in [5, 5.41) is 2.45. The molecule has 2 amide bonds. The third kappa shape index (κ3) is 11.5. The SMILES string of the molecule is CCCCP(=CC(=O)OCc1ccc(OC)cc1)(CCCC)C(CCC)N1C(=O)[C@@H](NC(=O)Cc2ccccc2)[C@H]1SCC(=O)[C@H]1CC[C@H](C(=O)OC)O1. The number of nitrogens with one attached hydrogen (secondary N) is 1. The summed E-state index contributed by atoms with van der Waals surface area (Å²) >= 11 is 1.31. The van der Waals surface area contributed by atoms with E-state index in [1.165, 1.54) is 18.9 Å². The van der Waals surface area contributed by atoms with Crippen molar-refractivity contribution >= 4 is 54.0 Å². The molecule has 2 aliphatic rings. The van der Waals surface area contributed by atoms with Crippen LogP contribution in [0.15, 0.2) is 54.6 Å². The number of hydrogen-bond donors (Lipinski definition) is 1. The van der Waals surface area contributed by atoms with E-state index in [0.717, 1.165) is 55.6 Å². The number of hydrogen-bond acceptors (Lipinski definition) is 10. The number of Topliss-reactive ketones (excluding diaryl/α,β-unsaturated/α-hetero) is 1. The van der Waals surface area contributed by atoms with Crippen molar-refractivity contribution in [3.05, 3.63) is 65.7 Å². The zero-order valence-corrected chi connectivity index (χ0v) is 34.0. The van der Waals surface area contributed by atoms with E-state index < -0.39 is 42.4 Å². The van der Waals surface area contributed by atoms with E-state index in [-0.39, 0.29) is 42.2 Å². The maximum atomic E-state index is 14.4. The van der Waals surface area contributed by atoms with Crippen molar-refractivity contribution in [1.82, 2.24) is 10.2 Å². The molecule has 0 aromatic heterocycles. The predicted octanol–water partition coefficient (Wildman–Crippen LogP) is 6.20. The van der Waals surface area contributed by atoms with Crippen LogP contribution in [0.3, 0.4) is 0 Å². The molecule has 2 fully saturated rings. The van der Waals surface area contributed by atoms with Crippen molar-refractivity contribution < 1.29 is 42.9 Å². The standard InChI is InChI=1S/C41H57N2O9PS/c1-6-9-23-53(24-10-7-2,27-37(46)51-26-30-17-19-31(49-4)20-18-30)36(14-8-3)43-39(47)38(42-35(45)25-29-15-12-11-13-16-29)40(43)54-28-32(44)33-21-22-34(52-33)41(48)50-5/h11-13,15-20,27,33-34,36,38,40H,6-10,14,21-26,28H2,1-5H3,(H,42,45)/t33-,34-,36?,38-,40-/m1/s1. The first kappa shape index (κ1) is 43.1. The second-order valence-corrected chi connectivity index (χ2v) is 19.0. The van der Waals surface area contributed by atoms with E-state index in [2.05, 4.69) is 26.1 Å². The molecule has 11 nitrogen and oxygen atoms in total. The van der Waals surface area contributed by atoms with Gasteiger partial charge in [-0.25, -0.2) is 9.59 Å². The first-order valence-electron chi connectivity index (χ1n) is 19.1. The highest BCUT2D eigenvalue weighted by molar-refractivity contribution is 8.00. The Kier molecular flexibility index (Phi) is 17.2. The number of benzene rings is 2. The van der Waals surface area contributed by atoms with Crippen molar-refractivity contribution in [1.29, 1.82) is 0 Å². The second kappa shape index (κ2) is 21.5. The van der Waals surface area contributed by atoms with E-state index in [4.69, 9.17) is 18.9 Å². The molecule has 13 heteroatoms. The van der Waals surface area contributed by atoms with Gasteiger partial charge in [0.1, 0.15) is 29.9 Å². The van der Waals surface area contributed by atoms with E-state index in [0.29, 0.717) is 25.0 Å². The largest absolute Gasteiger partial charge is 0.497 e.